The van der Waals surface area contributed by atoms with Crippen LogP contribution in [0.2, 0.25) is 0 Å². The van der Waals surface area contributed by atoms with Crippen LogP contribution in [0.25, 0.3) is 16.5 Å². The number of anilines is 1. The van der Waals surface area contributed by atoms with E-state index in [-0.39, 0.29) is 18.6 Å². The van der Waals surface area contributed by atoms with Crippen molar-refractivity contribution in [3.05, 3.63) is 83.6 Å². The average molecular weight is 446 g/mol. The van der Waals surface area contributed by atoms with Gasteiger partial charge in [0.15, 0.2) is 0 Å². The highest BCUT2D eigenvalue weighted by molar-refractivity contribution is 5.99. The lowest BCUT2D eigenvalue weighted by atomic mass is 9.89. The number of benzene rings is 2. The highest BCUT2D eigenvalue weighted by Crippen LogP contribution is 2.31. The maximum absolute atomic E-state index is 13.4. The fourth-order valence-corrected chi connectivity index (χ4v) is 4.46. The van der Waals surface area contributed by atoms with Crippen LogP contribution in [0.15, 0.2) is 72.5 Å². The molecule has 33 heavy (non-hydrogen) atoms. The topological polar surface area (TPSA) is 110 Å². The molecule has 3 atom stereocenters. The van der Waals surface area contributed by atoms with E-state index in [4.69, 9.17) is 15.2 Å². The zero-order valence-corrected chi connectivity index (χ0v) is 18.2. The minimum absolute atomic E-state index is 0.176. The smallest absolute Gasteiger partial charge is 0.250 e. The van der Waals surface area contributed by atoms with E-state index in [1.165, 1.54) is 0 Å². The SMILES string of the molecule is Nc1ccc(C2=CC3OCCOC3C(C(=O)N[C@@H](CO)Cc3c[nH]c4ccccc34)=C2)cc1. The Balaban J connectivity index is 1.38. The molecule has 1 saturated heterocycles. The van der Waals surface area contributed by atoms with Crippen LogP contribution in [0.5, 0.6) is 0 Å². The van der Waals surface area contributed by atoms with Crippen LogP contribution < -0.4 is 11.1 Å². The van der Waals surface area contributed by atoms with E-state index in [2.05, 4.69) is 10.3 Å². The van der Waals surface area contributed by atoms with Gasteiger partial charge in [0, 0.05) is 28.4 Å². The molecule has 5 rings (SSSR count). The van der Waals surface area contributed by atoms with Gasteiger partial charge in [0.25, 0.3) is 0 Å². The zero-order chi connectivity index (χ0) is 22.8. The number of nitrogens with one attached hydrogen (secondary N) is 2. The summed E-state index contributed by atoms with van der Waals surface area (Å²) in [4.78, 5) is 16.6. The molecular formula is C26H27N3O4. The molecule has 2 unspecified atom stereocenters. The van der Waals surface area contributed by atoms with Crippen LogP contribution in [-0.4, -0.2) is 54.1 Å². The molecule has 170 valence electrons. The van der Waals surface area contributed by atoms with E-state index in [0.29, 0.717) is 30.9 Å². The fourth-order valence-electron chi connectivity index (χ4n) is 4.46. The molecule has 7 heteroatoms. The molecule has 1 aliphatic carbocycles. The van der Waals surface area contributed by atoms with Gasteiger partial charge in [-0.3, -0.25) is 4.79 Å². The Morgan fingerprint density at radius 2 is 1.94 bits per heavy atom. The maximum Gasteiger partial charge on any atom is 0.250 e. The Hall–Kier alpha value is -3.39. The third-order valence-electron chi connectivity index (χ3n) is 6.15. The number of fused-ring (bicyclic) bond motifs is 2. The summed E-state index contributed by atoms with van der Waals surface area (Å²) >= 11 is 0. The number of H-pyrrole nitrogens is 1. The minimum atomic E-state index is -0.483. The third-order valence-corrected chi connectivity index (χ3v) is 6.15. The molecule has 0 spiro atoms. The highest BCUT2D eigenvalue weighted by atomic mass is 16.6. The number of carbonyl (C=O) groups excluding carboxylic acids is 1. The lowest BCUT2D eigenvalue weighted by Gasteiger charge is -2.35. The number of aromatic amines is 1. The Morgan fingerprint density at radius 1 is 1.15 bits per heavy atom. The number of ether oxygens (including phenoxy) is 2. The van der Waals surface area contributed by atoms with Gasteiger partial charge in [-0.05, 0) is 53.5 Å². The predicted molar refractivity (Wildman–Crippen MR) is 127 cm³/mol. The minimum Gasteiger partial charge on any atom is -0.399 e. The van der Waals surface area contributed by atoms with Crippen molar-refractivity contribution in [2.75, 3.05) is 25.6 Å². The lowest BCUT2D eigenvalue weighted by molar-refractivity contribution is -0.128. The van der Waals surface area contributed by atoms with E-state index in [1.54, 1.807) is 0 Å². The number of aliphatic hydroxyl groups is 1. The molecule has 5 N–H and O–H groups in total. The summed E-state index contributed by atoms with van der Waals surface area (Å²) in [6.45, 7) is 0.724. The summed E-state index contributed by atoms with van der Waals surface area (Å²) in [6.07, 6.45) is 5.43. The van der Waals surface area contributed by atoms with E-state index in [9.17, 15) is 9.90 Å². The molecule has 3 aromatic rings. The number of nitrogen functional groups attached to an aromatic ring is 1. The number of aromatic nitrogens is 1. The molecule has 2 aliphatic rings. The van der Waals surface area contributed by atoms with Crippen molar-refractivity contribution in [3.63, 3.8) is 0 Å². The second-order valence-electron chi connectivity index (χ2n) is 8.39. The predicted octanol–water partition coefficient (Wildman–Crippen LogP) is 2.58. The Labute approximate surface area is 191 Å². The first-order chi connectivity index (χ1) is 16.1. The van der Waals surface area contributed by atoms with Crippen molar-refractivity contribution in [1.29, 1.82) is 0 Å². The number of hydrogen-bond donors (Lipinski definition) is 4. The van der Waals surface area contributed by atoms with Gasteiger partial charge in [0.1, 0.15) is 12.2 Å². The largest absolute Gasteiger partial charge is 0.399 e. The first kappa shape index (κ1) is 21.5. The summed E-state index contributed by atoms with van der Waals surface area (Å²) in [5.74, 6) is -0.268. The molecule has 1 fully saturated rings. The van der Waals surface area contributed by atoms with Gasteiger partial charge in [0.05, 0.1) is 25.9 Å². The van der Waals surface area contributed by atoms with Crippen LogP contribution in [-0.2, 0) is 20.7 Å². The molecule has 7 nitrogen and oxygen atoms in total. The average Bonchev–Trinajstić information content (AvgIpc) is 3.26. The molecule has 1 aliphatic heterocycles. The third kappa shape index (κ3) is 4.43. The van der Waals surface area contributed by atoms with Crippen molar-refractivity contribution in [2.45, 2.75) is 24.7 Å². The molecule has 2 heterocycles. The van der Waals surface area contributed by atoms with Crippen molar-refractivity contribution < 1.29 is 19.4 Å². The number of hydrogen-bond acceptors (Lipinski definition) is 5. The van der Waals surface area contributed by atoms with E-state index in [0.717, 1.165) is 27.6 Å². The van der Waals surface area contributed by atoms with Crippen molar-refractivity contribution >= 4 is 28.1 Å². The number of carbonyl (C=O) groups is 1. The highest BCUT2D eigenvalue weighted by Gasteiger charge is 2.36. The van der Waals surface area contributed by atoms with Gasteiger partial charge >= 0.3 is 0 Å². The second-order valence-corrected chi connectivity index (χ2v) is 8.39. The number of rotatable bonds is 6. The maximum atomic E-state index is 13.4. The van der Waals surface area contributed by atoms with Gasteiger partial charge in [-0.2, -0.15) is 0 Å². The van der Waals surface area contributed by atoms with E-state index >= 15 is 0 Å². The standard InChI is InChI=1S/C26H27N3O4/c27-19-7-5-16(6-8-19)17-12-22(25-24(13-17)32-9-10-33-25)26(31)29-20(15-30)11-18-14-28-23-4-2-1-3-21(18)23/h1-8,12-14,20,24-25,28,30H,9-11,15,27H2,(H,29,31)/t20-,24?,25?/m1/s1. The Bertz CT molecular complexity index is 1210. The fraction of sp³-hybridized carbons (Fsp3) is 0.269. The quantitative estimate of drug-likeness (QED) is 0.436. The molecule has 0 saturated carbocycles. The van der Waals surface area contributed by atoms with Crippen LogP contribution in [0.4, 0.5) is 5.69 Å². The molecular weight excluding hydrogens is 418 g/mol. The zero-order valence-electron chi connectivity index (χ0n) is 18.2. The number of para-hydroxylation sites is 1. The number of allylic oxidation sites excluding steroid dienone is 2. The summed E-state index contributed by atoms with van der Waals surface area (Å²) in [7, 11) is 0. The summed E-state index contributed by atoms with van der Waals surface area (Å²) in [6, 6.07) is 15.0. The monoisotopic (exact) mass is 445 g/mol. The van der Waals surface area contributed by atoms with Gasteiger partial charge in [-0.1, -0.05) is 30.3 Å². The Kier molecular flexibility index (Phi) is 6.00. The van der Waals surface area contributed by atoms with E-state index in [1.807, 2.05) is 66.9 Å². The molecule has 2 aromatic carbocycles. The lowest BCUT2D eigenvalue weighted by Crippen LogP contribution is -2.47. The normalized spacial score (nSPS) is 21.1. The van der Waals surface area contributed by atoms with Crippen LogP contribution in [0, 0.1) is 0 Å². The van der Waals surface area contributed by atoms with Gasteiger partial charge in [0.2, 0.25) is 5.91 Å². The summed E-state index contributed by atoms with van der Waals surface area (Å²) in [5.41, 5.74) is 10.9. The van der Waals surface area contributed by atoms with Gasteiger partial charge in [-0.15, -0.1) is 0 Å². The van der Waals surface area contributed by atoms with Gasteiger partial charge < -0.3 is 30.6 Å². The summed E-state index contributed by atoms with van der Waals surface area (Å²) in [5, 5.41) is 14.1. The van der Waals surface area contributed by atoms with Crippen LogP contribution in [0.3, 0.4) is 0 Å². The molecule has 1 aromatic heterocycles. The Morgan fingerprint density at radius 3 is 2.76 bits per heavy atom. The molecule has 1 amide bonds. The molecule has 0 radical (unpaired) electrons. The number of aliphatic hydroxyl groups excluding tert-OH is 1. The van der Waals surface area contributed by atoms with Crippen molar-refractivity contribution in [2.24, 2.45) is 0 Å². The summed E-state index contributed by atoms with van der Waals surface area (Å²) < 4.78 is 11.8. The molecule has 0 bridgehead atoms. The second kappa shape index (κ2) is 9.23. The van der Waals surface area contributed by atoms with Crippen molar-refractivity contribution in [1.82, 2.24) is 10.3 Å². The van der Waals surface area contributed by atoms with Crippen LogP contribution in [0.1, 0.15) is 11.1 Å². The van der Waals surface area contributed by atoms with Gasteiger partial charge in [-0.25, -0.2) is 0 Å². The van der Waals surface area contributed by atoms with Crippen LogP contribution >= 0.6 is 0 Å². The first-order valence-corrected chi connectivity index (χ1v) is 11.1. The first-order valence-electron chi connectivity index (χ1n) is 11.1. The van der Waals surface area contributed by atoms with Crippen molar-refractivity contribution in [3.8, 4) is 0 Å². The van der Waals surface area contributed by atoms with E-state index < -0.39 is 12.1 Å². The number of nitrogens with two attached hydrogens (primary N) is 1. The number of amides is 1.